The van der Waals surface area contributed by atoms with Gasteiger partial charge in [0, 0.05) is 30.2 Å². The van der Waals surface area contributed by atoms with Crippen LogP contribution in [0.2, 0.25) is 0 Å². The summed E-state index contributed by atoms with van der Waals surface area (Å²) in [4.78, 5) is 37.2. The van der Waals surface area contributed by atoms with Crippen molar-refractivity contribution in [2.45, 2.75) is 19.9 Å². The molecule has 3 aromatic rings. The molecule has 0 bridgehead atoms. The summed E-state index contributed by atoms with van der Waals surface area (Å²) in [5.41, 5.74) is -0.212. The van der Waals surface area contributed by atoms with Crippen LogP contribution in [0.1, 0.15) is 18.1 Å². The van der Waals surface area contributed by atoms with Crippen LogP contribution in [0.15, 0.2) is 46.0 Å². The van der Waals surface area contributed by atoms with E-state index in [0.717, 1.165) is 9.25 Å². The number of halogens is 1. The Labute approximate surface area is 175 Å². The molecule has 0 saturated carbocycles. The highest BCUT2D eigenvalue weighted by Gasteiger charge is 2.22. The van der Waals surface area contributed by atoms with Crippen molar-refractivity contribution in [3.8, 4) is 17.3 Å². The first-order chi connectivity index (χ1) is 14.9. The first-order valence-electron chi connectivity index (χ1n) is 9.48. The van der Waals surface area contributed by atoms with Crippen molar-refractivity contribution in [2.75, 3.05) is 19.0 Å². The molecule has 1 aliphatic rings. The summed E-state index contributed by atoms with van der Waals surface area (Å²) >= 11 is 0. The minimum atomic E-state index is -0.780. The average Bonchev–Trinajstić information content (AvgIpc) is 3.22. The molecule has 0 fully saturated rings. The van der Waals surface area contributed by atoms with E-state index < -0.39 is 17.1 Å². The first-order valence-corrected chi connectivity index (χ1v) is 9.48. The van der Waals surface area contributed by atoms with Gasteiger partial charge in [-0.05, 0) is 24.3 Å². The molecular weight excluding hydrogens is 407 g/mol. The zero-order chi connectivity index (χ0) is 22.1. The zero-order valence-corrected chi connectivity index (χ0v) is 16.8. The van der Waals surface area contributed by atoms with Gasteiger partial charge in [-0.3, -0.25) is 9.59 Å². The summed E-state index contributed by atoms with van der Waals surface area (Å²) in [5.74, 6) is -0.644. The predicted octanol–water partition coefficient (Wildman–Crippen LogP) is 1.48. The number of ether oxygens (including phenoxy) is 2. The van der Waals surface area contributed by atoms with E-state index >= 15 is 0 Å². The third-order valence-electron chi connectivity index (χ3n) is 4.85. The van der Waals surface area contributed by atoms with Gasteiger partial charge in [-0.25, -0.2) is 13.8 Å². The normalized spacial score (nSPS) is 12.2. The summed E-state index contributed by atoms with van der Waals surface area (Å²) in [7, 11) is 1.25. The maximum Gasteiger partial charge on any atom is 0.352 e. The summed E-state index contributed by atoms with van der Waals surface area (Å²) in [6, 6.07) is 9.49. The number of anilines is 1. The zero-order valence-electron chi connectivity index (χ0n) is 16.8. The Morgan fingerprint density at radius 1 is 1.29 bits per heavy atom. The molecule has 0 atom stereocenters. The van der Waals surface area contributed by atoms with Gasteiger partial charge >= 0.3 is 11.2 Å². The Morgan fingerprint density at radius 3 is 2.84 bits per heavy atom. The fourth-order valence-electron chi connectivity index (χ4n) is 3.42. The second-order valence-electron chi connectivity index (χ2n) is 6.94. The molecule has 1 amide bonds. The molecule has 2 heterocycles. The molecule has 0 unspecified atom stereocenters. The fourth-order valence-corrected chi connectivity index (χ4v) is 3.42. The molecule has 9 nitrogen and oxygen atoms in total. The average molecular weight is 426 g/mol. The largest absolute Gasteiger partial charge is 0.493 e. The number of hydrogen-bond acceptors (Lipinski definition) is 6. The fraction of sp³-hybridized carbons (Fsp3) is 0.238. The number of benzene rings is 2. The van der Waals surface area contributed by atoms with Gasteiger partial charge in [0.1, 0.15) is 11.6 Å². The van der Waals surface area contributed by atoms with Crippen molar-refractivity contribution >= 4 is 11.6 Å². The molecule has 4 rings (SSSR count). The van der Waals surface area contributed by atoms with E-state index in [0.29, 0.717) is 35.7 Å². The molecule has 10 heteroatoms. The quantitative estimate of drug-likeness (QED) is 0.663. The molecule has 1 aromatic heterocycles. The third kappa shape index (κ3) is 3.79. The van der Waals surface area contributed by atoms with Crippen molar-refractivity contribution in [3.05, 3.63) is 74.2 Å². The van der Waals surface area contributed by atoms with E-state index in [1.807, 2.05) is 0 Å². The van der Waals surface area contributed by atoms with Gasteiger partial charge in [-0.15, -0.1) is 5.10 Å². The molecule has 0 spiro atoms. The van der Waals surface area contributed by atoms with Crippen molar-refractivity contribution in [1.82, 2.24) is 14.3 Å². The van der Waals surface area contributed by atoms with Gasteiger partial charge < -0.3 is 14.8 Å². The molecule has 1 aliphatic heterocycles. The maximum absolute atomic E-state index is 14.9. The number of amides is 1. The summed E-state index contributed by atoms with van der Waals surface area (Å²) < 4.78 is 27.1. The Kier molecular flexibility index (Phi) is 5.28. The van der Waals surface area contributed by atoms with Gasteiger partial charge in [0.25, 0.3) is 5.88 Å². The lowest BCUT2D eigenvalue weighted by molar-refractivity contribution is -0.114. The van der Waals surface area contributed by atoms with E-state index in [1.165, 1.54) is 26.2 Å². The van der Waals surface area contributed by atoms with Crippen LogP contribution in [-0.2, 0) is 17.8 Å². The van der Waals surface area contributed by atoms with Crippen molar-refractivity contribution in [3.63, 3.8) is 0 Å². The van der Waals surface area contributed by atoms with Gasteiger partial charge in [0.15, 0.2) is 0 Å². The molecule has 0 aliphatic carbocycles. The third-order valence-corrected chi connectivity index (χ3v) is 4.85. The van der Waals surface area contributed by atoms with Crippen LogP contribution in [0.3, 0.4) is 0 Å². The Balaban J connectivity index is 1.83. The second-order valence-corrected chi connectivity index (χ2v) is 6.94. The topological polar surface area (TPSA) is 104 Å². The van der Waals surface area contributed by atoms with E-state index in [1.54, 1.807) is 24.3 Å². The van der Waals surface area contributed by atoms with Gasteiger partial charge in [-0.2, -0.15) is 4.68 Å². The van der Waals surface area contributed by atoms with Crippen molar-refractivity contribution in [1.29, 1.82) is 0 Å². The van der Waals surface area contributed by atoms with E-state index in [9.17, 15) is 18.8 Å². The summed E-state index contributed by atoms with van der Waals surface area (Å²) in [6.45, 7) is 1.44. The number of methoxy groups -OCH3 is 1. The van der Waals surface area contributed by atoms with Crippen LogP contribution in [0.25, 0.3) is 5.69 Å². The first kappa shape index (κ1) is 20.3. The standard InChI is InChI=1S/C21H19FN4O5/c1-12(27)23-14-4-3-5-15(10-14)26-21(29)25(20(28)19(24-26)30-2)11-13-6-7-17-16(18(13)22)8-9-31-17/h3-7,10H,8-9,11H2,1-2H3,(H,23,27). The number of hydrogen-bond donors (Lipinski definition) is 1. The van der Waals surface area contributed by atoms with E-state index in [4.69, 9.17) is 9.47 Å². The lowest BCUT2D eigenvalue weighted by atomic mass is 10.1. The minimum Gasteiger partial charge on any atom is -0.493 e. The molecule has 0 radical (unpaired) electrons. The number of fused-ring (bicyclic) bond motifs is 1. The minimum absolute atomic E-state index is 0.176. The maximum atomic E-state index is 14.9. The molecule has 2 aromatic carbocycles. The van der Waals surface area contributed by atoms with Crippen molar-refractivity contribution in [2.24, 2.45) is 0 Å². The highest BCUT2D eigenvalue weighted by Crippen LogP contribution is 2.29. The number of nitrogens with zero attached hydrogens (tertiary/aromatic N) is 3. The van der Waals surface area contributed by atoms with Crippen LogP contribution in [0, 0.1) is 5.82 Å². The predicted molar refractivity (Wildman–Crippen MR) is 110 cm³/mol. The number of nitrogens with one attached hydrogen (secondary N) is 1. The highest BCUT2D eigenvalue weighted by molar-refractivity contribution is 5.88. The number of aromatic nitrogens is 3. The summed E-state index contributed by atoms with van der Waals surface area (Å²) in [6.07, 6.45) is 0.420. The monoisotopic (exact) mass is 426 g/mol. The van der Waals surface area contributed by atoms with Gasteiger partial charge in [0.2, 0.25) is 5.91 Å². The lowest BCUT2D eigenvalue weighted by Gasteiger charge is -2.13. The Bertz CT molecular complexity index is 1300. The SMILES string of the molecule is COc1nn(-c2cccc(NC(C)=O)c2)c(=O)n(Cc2ccc3c(c2F)CCO3)c1=O. The smallest absolute Gasteiger partial charge is 0.352 e. The molecule has 1 N–H and O–H groups in total. The van der Waals surface area contributed by atoms with Gasteiger partial charge in [-0.1, -0.05) is 12.1 Å². The second kappa shape index (κ2) is 8.05. The van der Waals surface area contributed by atoms with E-state index in [-0.39, 0.29) is 23.9 Å². The number of carbonyl (C=O) groups is 1. The molecule has 31 heavy (non-hydrogen) atoms. The molecular formula is C21H19FN4O5. The lowest BCUT2D eigenvalue weighted by Crippen LogP contribution is -2.41. The Morgan fingerprint density at radius 2 is 2.10 bits per heavy atom. The van der Waals surface area contributed by atoms with Crippen LogP contribution >= 0.6 is 0 Å². The Hall–Kier alpha value is -3.95. The van der Waals surface area contributed by atoms with Crippen LogP contribution in [0.5, 0.6) is 11.6 Å². The van der Waals surface area contributed by atoms with Crippen molar-refractivity contribution < 1.29 is 18.7 Å². The van der Waals surface area contributed by atoms with Crippen LogP contribution in [0.4, 0.5) is 10.1 Å². The number of rotatable bonds is 5. The molecule has 160 valence electrons. The highest BCUT2D eigenvalue weighted by atomic mass is 19.1. The summed E-state index contributed by atoms with van der Waals surface area (Å²) in [5, 5.41) is 6.60. The molecule has 0 saturated heterocycles. The van der Waals surface area contributed by atoms with Crippen LogP contribution in [-0.4, -0.2) is 34.0 Å². The van der Waals surface area contributed by atoms with Crippen LogP contribution < -0.4 is 26.0 Å². The van der Waals surface area contributed by atoms with Gasteiger partial charge in [0.05, 0.1) is 25.9 Å². The van der Waals surface area contributed by atoms with E-state index in [2.05, 4.69) is 10.4 Å². The number of carbonyl (C=O) groups excluding carboxylic acids is 1.